The minimum absolute atomic E-state index is 0.00746. The minimum Gasteiger partial charge on any atom is -0.394 e. The number of hydrogen-bond acceptors (Lipinski definition) is 25. The number of carbonyl (C=O) groups excluding carboxylic acids is 8. The number of hydrogen-bond donors (Lipinski definition) is 16. The fraction of sp³-hybridized carbons (Fsp3) is 0.873. The van der Waals surface area contributed by atoms with Gasteiger partial charge in [-0.3, -0.25) is 38.4 Å². The second-order valence-corrected chi connectivity index (χ2v) is 25.7. The Morgan fingerprint density at radius 3 is 1.23 bits per heavy atom. The van der Waals surface area contributed by atoms with Crippen LogP contribution in [-0.4, -0.2) is 286 Å². The molecule has 548 valence electrons. The summed E-state index contributed by atoms with van der Waals surface area (Å²) >= 11 is 0. The number of rotatable bonds is 45. The van der Waals surface area contributed by atoms with Gasteiger partial charge in [-0.05, 0) is 71.6 Å². The van der Waals surface area contributed by atoms with Crippen LogP contribution in [-0.2, 0) is 71.5 Å². The highest BCUT2D eigenvalue weighted by atomic mass is 16.7. The van der Waals surface area contributed by atoms with Gasteiger partial charge in [0.15, 0.2) is 18.9 Å². The van der Waals surface area contributed by atoms with Crippen LogP contribution in [0.25, 0.3) is 0 Å². The van der Waals surface area contributed by atoms with Gasteiger partial charge in [0.2, 0.25) is 41.4 Å². The average Bonchev–Trinajstić information content (AvgIpc) is 1.64. The van der Waals surface area contributed by atoms with Crippen molar-refractivity contribution in [3.63, 3.8) is 0 Å². The summed E-state index contributed by atoms with van der Waals surface area (Å²) in [5.41, 5.74) is -1.32. The van der Waals surface area contributed by atoms with E-state index in [4.69, 9.17) is 33.2 Å². The number of ether oxygens (including phenoxy) is 7. The van der Waals surface area contributed by atoms with Crippen molar-refractivity contribution in [2.75, 3.05) is 85.5 Å². The summed E-state index contributed by atoms with van der Waals surface area (Å²) in [5, 5.41) is 117. The van der Waals surface area contributed by atoms with Crippen molar-refractivity contribution >= 4 is 47.1 Å². The number of nitrogens with zero attached hydrogens (tertiary/aromatic N) is 1. The van der Waals surface area contributed by atoms with Crippen LogP contribution in [0.5, 0.6) is 0 Å². The summed E-state index contributed by atoms with van der Waals surface area (Å²) in [6.45, 7) is 7.85. The van der Waals surface area contributed by atoms with Crippen LogP contribution in [0.2, 0.25) is 0 Å². The summed E-state index contributed by atoms with van der Waals surface area (Å²) in [4.78, 5) is 108. The molecule has 32 heteroatoms. The Labute approximate surface area is 555 Å². The average molecular weight is 1370 g/mol. The van der Waals surface area contributed by atoms with E-state index in [0.717, 1.165) is 0 Å². The van der Waals surface area contributed by atoms with E-state index in [2.05, 4.69) is 31.9 Å². The number of Topliss-reactive ketones (excluding diaryl/α,β-unsaturated/α-hetero) is 1. The van der Waals surface area contributed by atoms with Crippen molar-refractivity contribution in [2.45, 2.75) is 248 Å². The molecule has 4 rings (SSSR count). The molecule has 0 aromatic carbocycles. The number of β-amino-alcohol motifs (C(OH)–C–C–N with tert-alkyl or cyclic N) is 1. The van der Waals surface area contributed by atoms with E-state index in [-0.39, 0.29) is 191 Å². The molecular formula is C63H111N7O25. The van der Waals surface area contributed by atoms with Gasteiger partial charge in [0.25, 0.3) is 0 Å². The van der Waals surface area contributed by atoms with E-state index in [1.165, 1.54) is 0 Å². The molecule has 0 saturated carbocycles. The molecule has 32 nitrogen and oxygen atoms in total. The van der Waals surface area contributed by atoms with E-state index >= 15 is 0 Å². The van der Waals surface area contributed by atoms with Crippen molar-refractivity contribution in [1.82, 2.24) is 36.8 Å². The Kier molecular flexibility index (Phi) is 38.0. The maximum Gasteiger partial charge on any atom is 0.223 e. The van der Waals surface area contributed by atoms with E-state index < -0.39 is 141 Å². The van der Waals surface area contributed by atoms with Crippen molar-refractivity contribution < 1.29 is 123 Å². The Morgan fingerprint density at radius 1 is 0.463 bits per heavy atom. The van der Waals surface area contributed by atoms with E-state index in [1.807, 2.05) is 13.8 Å². The summed E-state index contributed by atoms with van der Waals surface area (Å²) in [7, 11) is 0. The van der Waals surface area contributed by atoms with Gasteiger partial charge in [-0.25, -0.2) is 0 Å². The van der Waals surface area contributed by atoms with Gasteiger partial charge < -0.3 is 121 Å². The molecule has 0 spiro atoms. The monoisotopic (exact) mass is 1370 g/mol. The minimum atomic E-state index is -1.32. The quantitative estimate of drug-likeness (QED) is 0.0261. The Balaban J connectivity index is 1.37. The van der Waals surface area contributed by atoms with Crippen LogP contribution in [0.1, 0.15) is 150 Å². The molecule has 0 aliphatic carbocycles. The van der Waals surface area contributed by atoms with Crippen LogP contribution in [0.3, 0.4) is 0 Å². The number of amides is 7. The third kappa shape index (κ3) is 28.9. The number of ketones is 1. The zero-order valence-electron chi connectivity index (χ0n) is 55.9. The first-order chi connectivity index (χ1) is 45.2. The topological polar surface area (TPSA) is 479 Å². The van der Waals surface area contributed by atoms with Gasteiger partial charge in [0.05, 0.1) is 102 Å². The van der Waals surface area contributed by atoms with E-state index in [1.54, 1.807) is 25.7 Å². The standard InChI is InChI=1S/C63H111N7O25/c1-37(2)92-36-41-31-43(75)32-70(41)53(82)13-8-12-52(81)69-63(20-14-42(74)11-6-7-23-64-49(78)17-28-89-60-38(3)54(83)57(86)44(33-71)93-60,21-15-47(76)65-24-9-26-67-50(79)18-29-90-61-39(4)55(84)58(87)45(34-72)94-61)22-16-48(77)66-25-10-27-68-51(80)19-30-91-62-40(5)56(85)59(88)46(35-73)95-62/h37-41,43-46,54-62,71-73,75,83-88H,6-36H2,1-5H3,(H,64,78)(H,65,76)(H,66,77)(H,67,79)(H,68,80)(H,69,81)/t38?,39?,40?,41-,43+,44?,45?,46?,54+,55+,56+,57-,58-,59-,60+,61+,62+,63?/m0/s1. The molecule has 4 fully saturated rings. The lowest BCUT2D eigenvalue weighted by Crippen LogP contribution is -2.55. The van der Waals surface area contributed by atoms with Gasteiger partial charge in [-0.1, -0.05) is 20.8 Å². The summed E-state index contributed by atoms with van der Waals surface area (Å²) in [6, 6.07) is -0.345. The number of aliphatic hydroxyl groups is 10. The molecule has 4 saturated heterocycles. The summed E-state index contributed by atoms with van der Waals surface area (Å²) < 4.78 is 39.3. The smallest absolute Gasteiger partial charge is 0.223 e. The van der Waals surface area contributed by atoms with Gasteiger partial charge in [0.1, 0.15) is 42.4 Å². The number of aliphatic hydroxyl groups excluding tert-OH is 10. The molecule has 95 heavy (non-hydrogen) atoms. The molecule has 0 bridgehead atoms. The van der Waals surface area contributed by atoms with Gasteiger partial charge in [-0.15, -0.1) is 0 Å². The number of carbonyl (C=O) groups is 8. The molecule has 4 aliphatic rings. The molecule has 0 aromatic rings. The number of likely N-dealkylation sites (tertiary alicyclic amines) is 1. The predicted molar refractivity (Wildman–Crippen MR) is 335 cm³/mol. The van der Waals surface area contributed by atoms with E-state index in [0.29, 0.717) is 32.1 Å². The molecule has 16 N–H and O–H groups in total. The summed E-state index contributed by atoms with van der Waals surface area (Å²) in [5.74, 6) is -4.83. The fourth-order valence-electron chi connectivity index (χ4n) is 11.6. The van der Waals surface area contributed by atoms with Gasteiger partial charge in [0, 0.05) is 101 Å². The van der Waals surface area contributed by atoms with Crippen LogP contribution in [0.15, 0.2) is 0 Å². The molecule has 0 radical (unpaired) electrons. The van der Waals surface area contributed by atoms with Crippen molar-refractivity contribution in [2.24, 2.45) is 17.8 Å². The van der Waals surface area contributed by atoms with Gasteiger partial charge in [-0.2, -0.15) is 0 Å². The lowest BCUT2D eigenvalue weighted by atomic mass is 9.82. The maximum absolute atomic E-state index is 14.1. The first kappa shape index (κ1) is 82.7. The van der Waals surface area contributed by atoms with E-state index in [9.17, 15) is 89.4 Å². The lowest BCUT2D eigenvalue weighted by molar-refractivity contribution is -0.282. The first-order valence-corrected chi connectivity index (χ1v) is 33.7. The molecule has 4 aliphatic heterocycles. The molecular weight excluding hydrogens is 1250 g/mol. The van der Waals surface area contributed by atoms with Crippen LogP contribution < -0.4 is 31.9 Å². The highest BCUT2D eigenvalue weighted by molar-refractivity contribution is 5.82. The summed E-state index contributed by atoms with van der Waals surface area (Å²) in [6.07, 6.45) is -13.3. The maximum atomic E-state index is 14.1. The van der Waals surface area contributed by atoms with Gasteiger partial charge >= 0.3 is 0 Å². The number of unbranched alkanes of at least 4 members (excludes halogenated alkanes) is 1. The molecule has 6 unspecified atom stereocenters. The largest absolute Gasteiger partial charge is 0.394 e. The van der Waals surface area contributed by atoms with Crippen molar-refractivity contribution in [1.29, 1.82) is 0 Å². The lowest BCUT2D eigenvalue weighted by Gasteiger charge is -2.40. The molecule has 4 heterocycles. The second-order valence-electron chi connectivity index (χ2n) is 25.7. The second kappa shape index (κ2) is 43.6. The highest BCUT2D eigenvalue weighted by Gasteiger charge is 2.45. The Hall–Kier alpha value is -4.72. The molecule has 17 atom stereocenters. The predicted octanol–water partition coefficient (Wildman–Crippen LogP) is -3.71. The third-order valence-electron chi connectivity index (χ3n) is 17.7. The zero-order chi connectivity index (χ0) is 70.2. The van der Waals surface area contributed by atoms with Crippen LogP contribution in [0.4, 0.5) is 0 Å². The van der Waals surface area contributed by atoms with Crippen molar-refractivity contribution in [3.8, 4) is 0 Å². The van der Waals surface area contributed by atoms with Crippen LogP contribution in [0, 0.1) is 17.8 Å². The highest BCUT2D eigenvalue weighted by Crippen LogP contribution is 2.31. The Bertz CT molecular complexity index is 2130. The Morgan fingerprint density at radius 2 is 0.842 bits per heavy atom. The fourth-order valence-corrected chi connectivity index (χ4v) is 11.6. The first-order valence-electron chi connectivity index (χ1n) is 33.7. The van der Waals surface area contributed by atoms with Crippen molar-refractivity contribution in [3.05, 3.63) is 0 Å². The zero-order valence-corrected chi connectivity index (χ0v) is 55.9. The normalized spacial score (nSPS) is 29.1. The molecule has 7 amide bonds. The third-order valence-corrected chi connectivity index (χ3v) is 17.7. The number of nitrogens with one attached hydrogen (secondary N) is 6. The SMILES string of the molecule is CC(C)OC[C@@H]1C[C@@H](O)CN1C(=O)CCCC(=O)NC(CCC(=O)CCCCNC(=O)CCO[C@@H]1OC(CO)[C@H](O)[C@H](O)C1C)(CCC(=O)NCCCNC(=O)CCO[C@@H]1OC(CO)[C@H](O)[C@H](O)C1C)CCC(=O)NCCCNC(=O)CCO[C@@H]1OC(CO)[C@H](O)[C@H](O)C1C. The van der Waals surface area contributed by atoms with Crippen LogP contribution >= 0.6 is 0 Å². The molecule has 0 aromatic heterocycles.